The highest BCUT2D eigenvalue weighted by atomic mass is 16.6. The van der Waals surface area contributed by atoms with Crippen molar-refractivity contribution in [3.8, 4) is 0 Å². The third-order valence-electron chi connectivity index (χ3n) is 5.20. The van der Waals surface area contributed by atoms with Gasteiger partial charge in [-0.1, -0.05) is 32.1 Å². The van der Waals surface area contributed by atoms with Gasteiger partial charge in [0.25, 0.3) is 5.69 Å². The molecule has 2 aliphatic rings. The largest absolute Gasteiger partial charge is 0.485 e. The van der Waals surface area contributed by atoms with Crippen molar-refractivity contribution in [3.05, 3.63) is 63.6 Å². The lowest BCUT2D eigenvalue weighted by molar-refractivity contribution is -0.384. The maximum absolute atomic E-state index is 12.3. The summed E-state index contributed by atoms with van der Waals surface area (Å²) in [6.07, 6.45) is 4.21. The van der Waals surface area contributed by atoms with Gasteiger partial charge in [-0.15, -0.1) is 0 Å². The summed E-state index contributed by atoms with van der Waals surface area (Å²) >= 11 is 0. The number of carbonyl (C=O) groups is 1. The number of rotatable bonds is 6. The zero-order valence-corrected chi connectivity index (χ0v) is 21.9. The first-order chi connectivity index (χ1) is 17.1. The molecule has 1 amide bonds. The van der Waals surface area contributed by atoms with E-state index in [9.17, 15) is 14.9 Å². The zero-order chi connectivity index (χ0) is 26.7. The first-order valence-electron chi connectivity index (χ1n) is 12.2. The van der Waals surface area contributed by atoms with Crippen LogP contribution in [0, 0.1) is 10.1 Å². The van der Waals surface area contributed by atoms with Crippen LogP contribution < -0.4 is 0 Å². The fraction of sp³-hybridized carbons (Fsp3) is 0.500. The van der Waals surface area contributed by atoms with Crippen LogP contribution in [0.4, 0.5) is 10.5 Å². The molecule has 196 valence electrons. The molecule has 1 aromatic carbocycles. The molecule has 10 nitrogen and oxygen atoms in total. The molecule has 0 bridgehead atoms. The van der Waals surface area contributed by atoms with E-state index in [0.717, 1.165) is 5.70 Å². The quantitative estimate of drug-likeness (QED) is 0.311. The second-order valence-corrected chi connectivity index (χ2v) is 9.05. The second kappa shape index (κ2) is 13.5. The molecule has 1 fully saturated rings. The Hall–Kier alpha value is -3.53. The number of allylic oxidation sites excluding steroid dienone is 2. The molecule has 3 rings (SSSR count). The van der Waals surface area contributed by atoms with Gasteiger partial charge < -0.3 is 14.4 Å². The minimum Gasteiger partial charge on any atom is -0.485 e. The van der Waals surface area contributed by atoms with Gasteiger partial charge in [0.1, 0.15) is 12.2 Å². The lowest BCUT2D eigenvalue weighted by atomic mass is 10.2. The first-order valence-corrected chi connectivity index (χ1v) is 12.2. The van der Waals surface area contributed by atoms with E-state index in [1.54, 1.807) is 17.0 Å². The van der Waals surface area contributed by atoms with Crippen molar-refractivity contribution in [2.24, 2.45) is 9.98 Å². The van der Waals surface area contributed by atoms with Gasteiger partial charge in [-0.05, 0) is 45.5 Å². The summed E-state index contributed by atoms with van der Waals surface area (Å²) in [5, 5.41) is 11.0. The second-order valence-electron chi connectivity index (χ2n) is 9.05. The van der Waals surface area contributed by atoms with E-state index in [-0.39, 0.29) is 18.4 Å². The fourth-order valence-electron chi connectivity index (χ4n) is 3.53. The number of amidine groups is 1. The Morgan fingerprint density at radius 2 is 1.89 bits per heavy atom. The number of carbonyl (C=O) groups excluding carboxylic acids is 1. The van der Waals surface area contributed by atoms with Crippen molar-refractivity contribution in [3.63, 3.8) is 0 Å². The van der Waals surface area contributed by atoms with Crippen molar-refractivity contribution in [1.82, 2.24) is 9.80 Å². The van der Waals surface area contributed by atoms with Gasteiger partial charge in [-0.25, -0.2) is 14.8 Å². The van der Waals surface area contributed by atoms with Crippen molar-refractivity contribution in [2.45, 2.75) is 53.2 Å². The Morgan fingerprint density at radius 3 is 2.50 bits per heavy atom. The molecule has 0 aliphatic carbocycles. The normalized spacial score (nSPS) is 16.4. The van der Waals surface area contributed by atoms with Gasteiger partial charge in [-0.3, -0.25) is 15.0 Å². The summed E-state index contributed by atoms with van der Waals surface area (Å²) in [4.78, 5) is 35.4. The van der Waals surface area contributed by atoms with Gasteiger partial charge in [0.2, 0.25) is 0 Å². The lowest BCUT2D eigenvalue weighted by Crippen LogP contribution is -2.50. The molecule has 1 aromatic rings. The molecule has 0 N–H and O–H groups in total. The summed E-state index contributed by atoms with van der Waals surface area (Å²) in [6, 6.07) is 6.32. The van der Waals surface area contributed by atoms with Crippen LogP contribution in [0.3, 0.4) is 0 Å². The van der Waals surface area contributed by atoms with E-state index in [4.69, 9.17) is 9.47 Å². The molecule has 2 aliphatic heterocycles. The fourth-order valence-corrected chi connectivity index (χ4v) is 3.53. The van der Waals surface area contributed by atoms with Gasteiger partial charge in [0.05, 0.1) is 10.6 Å². The van der Waals surface area contributed by atoms with Crippen molar-refractivity contribution >= 4 is 24.3 Å². The summed E-state index contributed by atoms with van der Waals surface area (Å²) in [5.41, 5.74) is 1.03. The van der Waals surface area contributed by atoms with Crippen LogP contribution >= 0.6 is 0 Å². The highest BCUT2D eigenvalue weighted by molar-refractivity contribution is 6.00. The van der Waals surface area contributed by atoms with Gasteiger partial charge in [-0.2, -0.15) is 0 Å². The number of nitro benzene ring substituents is 1. The van der Waals surface area contributed by atoms with Crippen LogP contribution in [0.15, 0.2) is 57.9 Å². The van der Waals surface area contributed by atoms with Gasteiger partial charge >= 0.3 is 6.09 Å². The van der Waals surface area contributed by atoms with Crippen LogP contribution in [0.2, 0.25) is 0 Å². The predicted octanol–water partition coefficient (Wildman–Crippen LogP) is 4.96. The smallest absolute Gasteiger partial charge is 0.410 e. The van der Waals surface area contributed by atoms with Gasteiger partial charge in [0, 0.05) is 44.9 Å². The van der Waals surface area contributed by atoms with Crippen LogP contribution in [-0.2, 0) is 16.1 Å². The van der Waals surface area contributed by atoms with Crippen LogP contribution in [0.5, 0.6) is 0 Å². The Bertz CT molecular complexity index is 1020. The number of nitrogens with zero attached hydrogens (tertiary/aromatic N) is 5. The molecule has 1 saturated heterocycles. The van der Waals surface area contributed by atoms with Crippen molar-refractivity contribution < 1.29 is 19.2 Å². The number of hydrogen-bond acceptors (Lipinski definition) is 8. The zero-order valence-electron chi connectivity index (χ0n) is 21.9. The lowest BCUT2D eigenvalue weighted by Gasteiger charge is -2.35. The average molecular weight is 500 g/mol. The Balaban J connectivity index is 0.00000222. The van der Waals surface area contributed by atoms with E-state index in [0.29, 0.717) is 56.3 Å². The standard InChI is InChI=1S/C24H31N5O5.C2H6/c1-24(2,3)34-23(30)28-13-11-27(12-14-28)16-19-8-6-10-21(22(25-4)26-19)33-17-18-7-5-9-20(15-18)29(31)32;1-2/h5,7-10,15H,4,6,11-14,16-17H2,1-3H3;1-2H3. The van der Waals surface area contributed by atoms with E-state index >= 15 is 0 Å². The van der Waals surface area contributed by atoms with Crippen LogP contribution in [-0.4, -0.2) is 71.7 Å². The molecular formula is C26H37N5O5. The summed E-state index contributed by atoms with van der Waals surface area (Å²) in [5.74, 6) is 0.865. The van der Waals surface area contributed by atoms with Crippen molar-refractivity contribution in [2.75, 3.05) is 32.7 Å². The van der Waals surface area contributed by atoms with Crippen LogP contribution in [0.25, 0.3) is 0 Å². The molecule has 2 heterocycles. The number of amides is 1. The summed E-state index contributed by atoms with van der Waals surface area (Å²) < 4.78 is 11.3. The monoisotopic (exact) mass is 499 g/mol. The SMILES string of the molecule is C=NC1=NC(CN2CCN(C(=O)OC(C)(C)C)CC2)=CCC=C1OCc1cccc([N+](=O)[O-])c1.CC. The number of ether oxygens (including phenoxy) is 2. The number of benzene rings is 1. The third kappa shape index (κ3) is 8.92. The van der Waals surface area contributed by atoms with Gasteiger partial charge in [0.15, 0.2) is 11.6 Å². The Morgan fingerprint density at radius 1 is 1.19 bits per heavy atom. The number of piperazine rings is 1. The number of nitro groups is 1. The first kappa shape index (κ1) is 28.7. The molecule has 0 atom stereocenters. The molecule has 0 radical (unpaired) electrons. The third-order valence-corrected chi connectivity index (χ3v) is 5.20. The number of aliphatic imine (C=N–C) groups is 2. The number of hydrogen-bond donors (Lipinski definition) is 0. The molecule has 0 spiro atoms. The molecule has 10 heteroatoms. The highest BCUT2D eigenvalue weighted by Crippen LogP contribution is 2.19. The molecule has 0 aromatic heterocycles. The summed E-state index contributed by atoms with van der Waals surface area (Å²) in [6.45, 7) is 16.6. The maximum atomic E-state index is 12.3. The summed E-state index contributed by atoms with van der Waals surface area (Å²) in [7, 11) is 0. The van der Waals surface area contributed by atoms with Crippen molar-refractivity contribution in [1.29, 1.82) is 0 Å². The minimum atomic E-state index is -0.510. The van der Waals surface area contributed by atoms with E-state index in [2.05, 4.69) is 21.6 Å². The molecule has 0 unspecified atom stereocenters. The highest BCUT2D eigenvalue weighted by Gasteiger charge is 2.26. The topological polar surface area (TPSA) is 110 Å². The average Bonchev–Trinajstić information content (AvgIpc) is 3.05. The molecular weight excluding hydrogens is 462 g/mol. The Labute approximate surface area is 213 Å². The Kier molecular flexibility index (Phi) is 10.8. The van der Waals surface area contributed by atoms with E-state index in [1.807, 2.05) is 46.8 Å². The van der Waals surface area contributed by atoms with Crippen LogP contribution in [0.1, 0.15) is 46.6 Å². The predicted molar refractivity (Wildman–Crippen MR) is 141 cm³/mol. The minimum absolute atomic E-state index is 0.0161. The molecule has 36 heavy (non-hydrogen) atoms. The number of non-ortho nitro benzene ring substituents is 1. The van der Waals surface area contributed by atoms with E-state index in [1.165, 1.54) is 12.1 Å². The maximum Gasteiger partial charge on any atom is 0.410 e. The van der Waals surface area contributed by atoms with E-state index < -0.39 is 10.5 Å². The molecule has 0 saturated carbocycles.